The van der Waals surface area contributed by atoms with E-state index in [1.807, 2.05) is 24.3 Å². The summed E-state index contributed by atoms with van der Waals surface area (Å²) in [7, 11) is 0. The van der Waals surface area contributed by atoms with Gasteiger partial charge in [-0.2, -0.15) is 0 Å². The van der Waals surface area contributed by atoms with Gasteiger partial charge in [0.05, 0.1) is 18.3 Å². The average molecular weight is 165 g/mol. The minimum atomic E-state index is 0.0277. The molecule has 1 aromatic carbocycles. The van der Waals surface area contributed by atoms with Gasteiger partial charge in [-0.3, -0.25) is 0 Å². The molecule has 0 aromatic heterocycles. The maximum atomic E-state index is 8.87. The largest absolute Gasteiger partial charge is 0.489 e. The fourth-order valence-electron chi connectivity index (χ4n) is 1.26. The van der Waals surface area contributed by atoms with Crippen molar-refractivity contribution < 1.29 is 9.84 Å². The Morgan fingerprint density at radius 1 is 1.50 bits per heavy atom. The van der Waals surface area contributed by atoms with E-state index < -0.39 is 0 Å². The molecule has 1 atom stereocenters. The summed E-state index contributed by atoms with van der Waals surface area (Å²) in [6.45, 7) is 0.641. The molecule has 0 radical (unpaired) electrons. The number of hydrogen-bond donors (Lipinski definition) is 2. The second-order valence-corrected chi connectivity index (χ2v) is 2.83. The minimum Gasteiger partial charge on any atom is -0.489 e. The minimum absolute atomic E-state index is 0.0277. The van der Waals surface area contributed by atoms with Gasteiger partial charge in [-0.15, -0.1) is 0 Å². The molecule has 0 spiro atoms. The lowest BCUT2D eigenvalue weighted by atomic mass is 10.2. The molecular formula is C9H11NO2. The summed E-state index contributed by atoms with van der Waals surface area (Å²) in [5.41, 5.74) is 0.961. The van der Waals surface area contributed by atoms with Crippen molar-refractivity contribution in [3.8, 4) is 5.75 Å². The first-order valence-corrected chi connectivity index (χ1v) is 3.99. The molecule has 2 rings (SSSR count). The summed E-state index contributed by atoms with van der Waals surface area (Å²) >= 11 is 0. The van der Waals surface area contributed by atoms with Crippen molar-refractivity contribution in [2.75, 3.05) is 18.5 Å². The standard InChI is InChI=1S/C9H11NO2/c11-5-7-6-12-9-4-2-1-3-8(9)10-7/h1-4,7,10-11H,5-6H2/t7-/m0/s1. The molecule has 3 nitrogen and oxygen atoms in total. The molecule has 64 valence electrons. The lowest BCUT2D eigenvalue weighted by molar-refractivity contribution is 0.207. The highest BCUT2D eigenvalue weighted by atomic mass is 16.5. The van der Waals surface area contributed by atoms with Crippen molar-refractivity contribution in [2.45, 2.75) is 6.04 Å². The van der Waals surface area contributed by atoms with Gasteiger partial charge in [0.1, 0.15) is 12.4 Å². The molecule has 0 fully saturated rings. The van der Waals surface area contributed by atoms with Crippen LogP contribution < -0.4 is 10.1 Å². The van der Waals surface area contributed by atoms with Gasteiger partial charge in [0.2, 0.25) is 0 Å². The lowest BCUT2D eigenvalue weighted by Gasteiger charge is -2.25. The summed E-state index contributed by atoms with van der Waals surface area (Å²) in [6, 6.07) is 7.75. The maximum Gasteiger partial charge on any atom is 0.142 e. The van der Waals surface area contributed by atoms with Crippen molar-refractivity contribution in [3.05, 3.63) is 24.3 Å². The molecule has 3 heteroatoms. The van der Waals surface area contributed by atoms with Crippen molar-refractivity contribution in [1.29, 1.82) is 0 Å². The van der Waals surface area contributed by atoms with E-state index >= 15 is 0 Å². The van der Waals surface area contributed by atoms with Crippen LogP contribution in [-0.2, 0) is 0 Å². The van der Waals surface area contributed by atoms with Crippen molar-refractivity contribution in [2.24, 2.45) is 0 Å². The number of hydrogen-bond acceptors (Lipinski definition) is 3. The average Bonchev–Trinajstić information content (AvgIpc) is 2.17. The van der Waals surface area contributed by atoms with Gasteiger partial charge in [-0.1, -0.05) is 12.1 Å². The van der Waals surface area contributed by atoms with E-state index in [0.717, 1.165) is 11.4 Å². The first kappa shape index (κ1) is 7.43. The van der Waals surface area contributed by atoms with E-state index in [9.17, 15) is 0 Å². The Balaban J connectivity index is 2.23. The molecule has 0 amide bonds. The number of rotatable bonds is 1. The molecule has 0 unspecified atom stereocenters. The number of fused-ring (bicyclic) bond motifs is 1. The van der Waals surface area contributed by atoms with E-state index in [2.05, 4.69) is 5.32 Å². The number of benzene rings is 1. The Labute approximate surface area is 71.0 Å². The first-order valence-electron chi connectivity index (χ1n) is 3.99. The Bertz CT molecular complexity index is 275. The SMILES string of the molecule is OC[C@H]1COc2ccccc2N1. The summed E-state index contributed by atoms with van der Waals surface area (Å²) in [5, 5.41) is 12.0. The lowest BCUT2D eigenvalue weighted by Crippen LogP contribution is -2.34. The first-order chi connectivity index (χ1) is 5.90. The van der Waals surface area contributed by atoms with E-state index in [1.165, 1.54) is 0 Å². The summed E-state index contributed by atoms with van der Waals surface area (Å²) < 4.78 is 5.40. The maximum absolute atomic E-state index is 8.87. The molecular weight excluding hydrogens is 154 g/mol. The third kappa shape index (κ3) is 1.23. The summed E-state index contributed by atoms with van der Waals surface area (Å²) in [4.78, 5) is 0. The van der Waals surface area contributed by atoms with E-state index in [4.69, 9.17) is 9.84 Å². The van der Waals surface area contributed by atoms with Crippen LogP contribution in [0.5, 0.6) is 5.75 Å². The predicted molar refractivity (Wildman–Crippen MR) is 46.4 cm³/mol. The zero-order chi connectivity index (χ0) is 8.39. The topological polar surface area (TPSA) is 41.5 Å². The molecule has 1 heterocycles. The third-order valence-corrected chi connectivity index (χ3v) is 1.91. The molecule has 2 N–H and O–H groups in total. The van der Waals surface area contributed by atoms with Gasteiger partial charge in [0.25, 0.3) is 0 Å². The van der Waals surface area contributed by atoms with Crippen LogP contribution in [0.1, 0.15) is 0 Å². The van der Waals surface area contributed by atoms with E-state index in [0.29, 0.717) is 6.61 Å². The second-order valence-electron chi connectivity index (χ2n) is 2.83. The highest BCUT2D eigenvalue weighted by molar-refractivity contribution is 5.58. The van der Waals surface area contributed by atoms with Crippen LogP contribution in [0.4, 0.5) is 5.69 Å². The highest BCUT2D eigenvalue weighted by Crippen LogP contribution is 2.27. The van der Waals surface area contributed by atoms with Gasteiger partial charge < -0.3 is 15.2 Å². The second kappa shape index (κ2) is 3.03. The number of para-hydroxylation sites is 2. The molecule has 1 aliphatic heterocycles. The molecule has 0 bridgehead atoms. The van der Waals surface area contributed by atoms with Crippen molar-refractivity contribution in [3.63, 3.8) is 0 Å². The Kier molecular flexibility index (Phi) is 1.87. The molecule has 0 aliphatic carbocycles. The van der Waals surface area contributed by atoms with Gasteiger partial charge in [-0.25, -0.2) is 0 Å². The van der Waals surface area contributed by atoms with Crippen LogP contribution in [0.3, 0.4) is 0 Å². The Hall–Kier alpha value is -1.22. The smallest absolute Gasteiger partial charge is 0.142 e. The Morgan fingerprint density at radius 3 is 3.17 bits per heavy atom. The number of ether oxygens (including phenoxy) is 1. The van der Waals surface area contributed by atoms with Crippen molar-refractivity contribution >= 4 is 5.69 Å². The number of aliphatic hydroxyl groups is 1. The molecule has 0 saturated carbocycles. The van der Waals surface area contributed by atoms with Gasteiger partial charge in [0.15, 0.2) is 0 Å². The monoisotopic (exact) mass is 165 g/mol. The van der Waals surface area contributed by atoms with E-state index in [-0.39, 0.29) is 12.6 Å². The van der Waals surface area contributed by atoms with Gasteiger partial charge in [0, 0.05) is 0 Å². The predicted octanol–water partition coefficient (Wildman–Crippen LogP) is 0.852. The molecule has 1 aromatic rings. The fraction of sp³-hybridized carbons (Fsp3) is 0.333. The van der Waals surface area contributed by atoms with Crippen LogP contribution in [0.2, 0.25) is 0 Å². The van der Waals surface area contributed by atoms with Gasteiger partial charge in [-0.05, 0) is 12.1 Å². The summed E-state index contributed by atoms with van der Waals surface area (Å²) in [6.07, 6.45) is 0. The molecule has 1 aliphatic rings. The molecule has 0 saturated heterocycles. The Morgan fingerprint density at radius 2 is 2.33 bits per heavy atom. The fourth-order valence-corrected chi connectivity index (χ4v) is 1.26. The normalized spacial score (nSPS) is 20.6. The number of anilines is 1. The summed E-state index contributed by atoms with van der Waals surface area (Å²) in [5.74, 6) is 0.863. The van der Waals surface area contributed by atoms with Crippen LogP contribution in [0.25, 0.3) is 0 Å². The van der Waals surface area contributed by atoms with Crippen LogP contribution in [0, 0.1) is 0 Å². The zero-order valence-electron chi connectivity index (χ0n) is 6.66. The van der Waals surface area contributed by atoms with Crippen LogP contribution >= 0.6 is 0 Å². The van der Waals surface area contributed by atoms with E-state index in [1.54, 1.807) is 0 Å². The molecule has 12 heavy (non-hydrogen) atoms. The van der Waals surface area contributed by atoms with Crippen LogP contribution in [-0.4, -0.2) is 24.4 Å². The third-order valence-electron chi connectivity index (χ3n) is 1.91. The van der Waals surface area contributed by atoms with Crippen molar-refractivity contribution in [1.82, 2.24) is 0 Å². The van der Waals surface area contributed by atoms with Gasteiger partial charge >= 0.3 is 0 Å². The highest BCUT2D eigenvalue weighted by Gasteiger charge is 2.16. The zero-order valence-corrected chi connectivity index (χ0v) is 6.66. The quantitative estimate of drug-likeness (QED) is 0.648. The van der Waals surface area contributed by atoms with Crippen LogP contribution in [0.15, 0.2) is 24.3 Å². The number of aliphatic hydroxyl groups excluding tert-OH is 1. The number of nitrogens with one attached hydrogen (secondary N) is 1.